The van der Waals surface area contributed by atoms with E-state index in [2.05, 4.69) is 39.1 Å². The molecule has 0 spiro atoms. The van der Waals surface area contributed by atoms with Crippen LogP contribution in [0.5, 0.6) is 0 Å². The fourth-order valence-electron chi connectivity index (χ4n) is 9.03. The van der Waals surface area contributed by atoms with Crippen molar-refractivity contribution in [2.75, 3.05) is 0 Å². The highest BCUT2D eigenvalue weighted by Crippen LogP contribution is 2.67. The molecule has 4 aliphatic carbocycles. The molecule has 1 unspecified atom stereocenters. The zero-order valence-electron chi connectivity index (χ0n) is 23.8. The smallest absolute Gasteiger partial charge is 0.302 e. The lowest BCUT2D eigenvalue weighted by molar-refractivity contribution is -0.163. The number of ketones is 1. The first-order valence-electron chi connectivity index (χ1n) is 14.6. The van der Waals surface area contributed by atoms with E-state index in [-0.39, 0.29) is 52.5 Å². The van der Waals surface area contributed by atoms with Gasteiger partial charge in [0, 0.05) is 36.0 Å². The van der Waals surface area contributed by atoms with Gasteiger partial charge in [0.05, 0.1) is 10.4 Å². The molecule has 1 aromatic rings. The van der Waals surface area contributed by atoms with E-state index in [1.54, 1.807) is 12.2 Å². The van der Waals surface area contributed by atoms with Gasteiger partial charge in [-0.25, -0.2) is 0 Å². The summed E-state index contributed by atoms with van der Waals surface area (Å²) in [4.78, 5) is 38.8. The third-order valence-corrected chi connectivity index (χ3v) is 12.2. The van der Waals surface area contributed by atoms with Gasteiger partial charge in [-0.15, -0.1) is 11.3 Å². The first kappa shape index (κ1) is 28.6. The van der Waals surface area contributed by atoms with Gasteiger partial charge in [0.15, 0.2) is 5.78 Å². The van der Waals surface area contributed by atoms with Gasteiger partial charge in [0.1, 0.15) is 6.10 Å². The number of ether oxygens (including phenoxy) is 1. The maximum atomic E-state index is 13.2. The second kappa shape index (κ2) is 10.8. The third kappa shape index (κ3) is 5.16. The lowest BCUT2D eigenvalue weighted by atomic mass is 9.46. The van der Waals surface area contributed by atoms with Crippen LogP contribution in [0.15, 0.2) is 35.9 Å². The van der Waals surface area contributed by atoms with Gasteiger partial charge in [-0.3, -0.25) is 14.4 Å². The van der Waals surface area contributed by atoms with E-state index in [4.69, 9.17) is 16.3 Å². The Morgan fingerprint density at radius 1 is 1.21 bits per heavy atom. The lowest BCUT2D eigenvalue weighted by Crippen LogP contribution is -2.55. The van der Waals surface area contributed by atoms with Gasteiger partial charge in [0.25, 0.3) is 0 Å². The molecule has 1 aromatic heterocycles. The average Bonchev–Trinajstić information content (AvgIpc) is 3.46. The number of halogens is 1. The zero-order valence-corrected chi connectivity index (χ0v) is 25.4. The highest BCUT2D eigenvalue weighted by atomic mass is 35.5. The second-order valence-electron chi connectivity index (χ2n) is 12.9. The Balaban J connectivity index is 1.34. The highest BCUT2D eigenvalue weighted by Gasteiger charge is 2.62. The Hall–Kier alpha value is -1.92. The van der Waals surface area contributed by atoms with Gasteiger partial charge in [-0.1, -0.05) is 50.9 Å². The standard InChI is InChI=1S/C32H42ClNO4S/c1-6-25(27-9-10-28(33)39-27)34-29(37)15-18(2)22-7-8-23-30-24(12-14-32(22,23)5)31(4)13-11-21(36)16-20(31)17-26(30)38-19(3)35/h9-11,13,16,18,22-26,30H,6-8,12,14-15,17H2,1-5H3,(H,34,37)/t18-,22?,23+,24+,25-,26-,30+,31+,32-/m1/s1. The molecule has 7 heteroatoms. The number of hydrogen-bond donors (Lipinski definition) is 1. The van der Waals surface area contributed by atoms with Crippen molar-refractivity contribution in [3.63, 3.8) is 0 Å². The number of fused-ring (bicyclic) bond motifs is 5. The minimum absolute atomic E-state index is 0.00491. The van der Waals surface area contributed by atoms with Crippen LogP contribution >= 0.6 is 22.9 Å². The molecule has 3 fully saturated rings. The highest BCUT2D eigenvalue weighted by molar-refractivity contribution is 7.16. The van der Waals surface area contributed by atoms with Crippen LogP contribution in [0.2, 0.25) is 4.34 Å². The molecule has 1 amide bonds. The molecule has 0 aromatic carbocycles. The van der Waals surface area contributed by atoms with Crippen molar-refractivity contribution in [2.45, 2.75) is 91.7 Å². The second-order valence-corrected chi connectivity index (χ2v) is 14.7. The molecule has 0 aliphatic heterocycles. The summed E-state index contributed by atoms with van der Waals surface area (Å²) in [6, 6.07) is 3.90. The maximum Gasteiger partial charge on any atom is 0.302 e. The molecule has 1 heterocycles. The largest absolute Gasteiger partial charge is 0.462 e. The summed E-state index contributed by atoms with van der Waals surface area (Å²) in [6.07, 6.45) is 11.7. The molecule has 9 atom stereocenters. The van der Waals surface area contributed by atoms with Crippen molar-refractivity contribution in [1.29, 1.82) is 0 Å². The van der Waals surface area contributed by atoms with Crippen LogP contribution in [0.25, 0.3) is 0 Å². The summed E-state index contributed by atoms with van der Waals surface area (Å²) in [6.45, 7) is 10.5. The van der Waals surface area contributed by atoms with Gasteiger partial charge < -0.3 is 10.1 Å². The summed E-state index contributed by atoms with van der Waals surface area (Å²) >= 11 is 7.68. The van der Waals surface area contributed by atoms with Crippen molar-refractivity contribution in [1.82, 2.24) is 5.32 Å². The van der Waals surface area contributed by atoms with E-state index in [1.807, 2.05) is 12.1 Å². The number of amides is 1. The normalized spacial score (nSPS) is 36.7. The van der Waals surface area contributed by atoms with E-state index in [0.717, 1.165) is 46.9 Å². The van der Waals surface area contributed by atoms with E-state index < -0.39 is 0 Å². The molecule has 4 aliphatic rings. The SMILES string of the molecule is CC[C@@H](NC(=O)C[C@@H](C)C1CC[C@H]2[C@@H]3[C@H](OC(C)=O)CC4=CC(=O)C=C[C@]4(C)[C@H]3CC[C@]12C)c1ccc(Cl)s1. The Labute approximate surface area is 241 Å². The Kier molecular flexibility index (Phi) is 7.93. The Morgan fingerprint density at radius 3 is 2.64 bits per heavy atom. The van der Waals surface area contributed by atoms with E-state index in [9.17, 15) is 14.4 Å². The van der Waals surface area contributed by atoms with Crippen LogP contribution < -0.4 is 5.32 Å². The molecule has 212 valence electrons. The first-order valence-corrected chi connectivity index (χ1v) is 15.8. The summed E-state index contributed by atoms with van der Waals surface area (Å²) in [7, 11) is 0. The van der Waals surface area contributed by atoms with Gasteiger partial charge >= 0.3 is 5.97 Å². The molecule has 0 bridgehead atoms. The first-order chi connectivity index (χ1) is 18.5. The monoisotopic (exact) mass is 571 g/mol. The number of carbonyl (C=O) groups is 3. The van der Waals surface area contributed by atoms with Crippen molar-refractivity contribution < 1.29 is 19.1 Å². The number of thiophene rings is 1. The molecular weight excluding hydrogens is 530 g/mol. The number of rotatable bonds is 7. The average molecular weight is 572 g/mol. The molecule has 39 heavy (non-hydrogen) atoms. The number of nitrogens with one attached hydrogen (secondary N) is 1. The lowest BCUT2D eigenvalue weighted by Gasteiger charge is -2.59. The van der Waals surface area contributed by atoms with E-state index in [0.29, 0.717) is 30.6 Å². The fourth-order valence-corrected chi connectivity index (χ4v) is 10.2. The topological polar surface area (TPSA) is 72.5 Å². The molecule has 1 N–H and O–H groups in total. The maximum absolute atomic E-state index is 13.2. The summed E-state index contributed by atoms with van der Waals surface area (Å²) in [5.74, 6) is 1.61. The quantitative estimate of drug-likeness (QED) is 0.345. The van der Waals surface area contributed by atoms with E-state index in [1.165, 1.54) is 18.3 Å². The fraction of sp³-hybridized carbons (Fsp3) is 0.656. The minimum atomic E-state index is -0.245. The number of allylic oxidation sites excluding steroid dienone is 3. The predicted octanol–water partition coefficient (Wildman–Crippen LogP) is 7.46. The van der Waals surface area contributed by atoms with E-state index >= 15 is 0 Å². The van der Waals surface area contributed by atoms with Crippen LogP contribution in [0.4, 0.5) is 0 Å². The molecule has 5 nitrogen and oxygen atoms in total. The molecule has 3 saturated carbocycles. The zero-order chi connectivity index (χ0) is 28.1. The van der Waals surface area contributed by atoms with Crippen LogP contribution in [0.3, 0.4) is 0 Å². The van der Waals surface area contributed by atoms with Gasteiger partial charge in [0.2, 0.25) is 5.91 Å². The summed E-state index contributed by atoms with van der Waals surface area (Å²) in [5, 5.41) is 3.26. The third-order valence-electron chi connectivity index (χ3n) is 10.8. The van der Waals surface area contributed by atoms with Crippen molar-refractivity contribution >= 4 is 40.6 Å². The predicted molar refractivity (Wildman–Crippen MR) is 155 cm³/mol. The molecular formula is C32H42ClNO4S. The number of esters is 1. The van der Waals surface area contributed by atoms with Crippen molar-refractivity contribution in [3.05, 3.63) is 45.1 Å². The van der Waals surface area contributed by atoms with Crippen molar-refractivity contribution in [2.24, 2.45) is 40.4 Å². The Bertz CT molecular complexity index is 1200. The molecule has 5 rings (SSSR count). The van der Waals surface area contributed by atoms with Gasteiger partial charge in [-0.2, -0.15) is 0 Å². The number of carbonyl (C=O) groups excluding carboxylic acids is 3. The van der Waals surface area contributed by atoms with Crippen LogP contribution in [0, 0.1) is 40.4 Å². The summed E-state index contributed by atoms with van der Waals surface area (Å²) < 4.78 is 6.76. The number of hydrogen-bond acceptors (Lipinski definition) is 5. The van der Waals surface area contributed by atoms with Crippen LogP contribution in [-0.4, -0.2) is 23.8 Å². The molecule has 0 saturated heterocycles. The Morgan fingerprint density at radius 2 is 1.97 bits per heavy atom. The van der Waals surface area contributed by atoms with Crippen molar-refractivity contribution in [3.8, 4) is 0 Å². The van der Waals surface area contributed by atoms with Crippen LogP contribution in [0.1, 0.15) is 90.5 Å². The van der Waals surface area contributed by atoms with Crippen LogP contribution in [-0.2, 0) is 19.1 Å². The van der Waals surface area contributed by atoms with Gasteiger partial charge in [-0.05, 0) is 85.5 Å². The summed E-state index contributed by atoms with van der Waals surface area (Å²) in [5.41, 5.74) is 1.04. The molecule has 0 radical (unpaired) electrons. The minimum Gasteiger partial charge on any atom is -0.462 e.